The van der Waals surface area contributed by atoms with E-state index >= 15 is 0 Å². The summed E-state index contributed by atoms with van der Waals surface area (Å²) in [5.74, 6) is 0.776. The molecule has 1 aliphatic rings. The molecule has 1 unspecified atom stereocenters. The maximum absolute atomic E-state index is 13.9. The van der Waals surface area contributed by atoms with Crippen molar-refractivity contribution >= 4 is 15.1 Å². The van der Waals surface area contributed by atoms with E-state index in [1.165, 1.54) is 59.7 Å². The number of aromatic nitrogens is 1. The third-order valence-corrected chi connectivity index (χ3v) is 5.08. The Hall–Kier alpha value is -1.87. The summed E-state index contributed by atoms with van der Waals surface area (Å²) in [6, 6.07) is 6.85. The van der Waals surface area contributed by atoms with Crippen molar-refractivity contribution in [2.24, 2.45) is 5.92 Å². The lowest BCUT2D eigenvalue weighted by Crippen LogP contribution is -2.07. The topological polar surface area (TPSA) is 24.9 Å². The Morgan fingerprint density at radius 3 is 2.43 bits per heavy atom. The van der Waals surface area contributed by atoms with Crippen LogP contribution in [0.25, 0.3) is 11.1 Å². The van der Waals surface area contributed by atoms with Crippen LogP contribution in [-0.4, -0.2) is 11.5 Å². The van der Waals surface area contributed by atoms with Crippen LogP contribution in [0.4, 0.5) is 19.0 Å². The largest absolute Gasteiger partial charge is 0.370 e. The molecule has 1 aromatic heterocycles. The van der Waals surface area contributed by atoms with Crippen LogP contribution in [0.2, 0.25) is 0 Å². The Balaban J connectivity index is 0.000000292. The molecule has 1 fully saturated rings. The van der Waals surface area contributed by atoms with Gasteiger partial charge in [-0.25, -0.2) is 9.37 Å². The number of nitrogens with zero attached hydrogens (tertiary/aromatic N) is 1. The number of hydrogen-bond acceptors (Lipinski definition) is 2. The van der Waals surface area contributed by atoms with Gasteiger partial charge in [-0.05, 0) is 43.9 Å². The van der Waals surface area contributed by atoms with Gasteiger partial charge in [-0.2, -0.15) is 8.78 Å². The fourth-order valence-electron chi connectivity index (χ4n) is 3.29. The number of halogens is 3. The Morgan fingerprint density at radius 2 is 1.93 bits per heavy atom. The maximum Gasteiger partial charge on any atom is 0.284 e. The lowest BCUT2D eigenvalue weighted by Gasteiger charge is -2.16. The van der Waals surface area contributed by atoms with Crippen LogP contribution in [0.3, 0.4) is 0 Å². The minimum Gasteiger partial charge on any atom is -0.370 e. The van der Waals surface area contributed by atoms with E-state index in [0.29, 0.717) is 17.9 Å². The molecule has 0 bridgehead atoms. The van der Waals surface area contributed by atoms with Crippen LogP contribution in [0.15, 0.2) is 49.2 Å². The number of alkyl halides is 2. The van der Waals surface area contributed by atoms with E-state index in [2.05, 4.69) is 23.0 Å². The molecule has 1 aromatic carbocycles. The summed E-state index contributed by atoms with van der Waals surface area (Å²) in [4.78, 5) is 4.08. The predicted molar refractivity (Wildman–Crippen MR) is 114 cm³/mol. The molecule has 0 aliphatic heterocycles. The first-order valence-electron chi connectivity index (χ1n) is 9.65. The maximum atomic E-state index is 13.9. The van der Waals surface area contributed by atoms with Gasteiger partial charge in [-0.1, -0.05) is 46.7 Å². The van der Waals surface area contributed by atoms with Crippen molar-refractivity contribution in [3.8, 4) is 11.1 Å². The number of allylic oxidation sites excluding steroid dienone is 1. The molecule has 2 nitrogen and oxygen atoms in total. The zero-order valence-corrected chi connectivity index (χ0v) is 17.4. The number of hydrogen-bond donors (Lipinski definition) is 1. The molecule has 2 aromatic rings. The van der Waals surface area contributed by atoms with Crippen molar-refractivity contribution in [1.82, 2.24) is 4.98 Å². The Bertz CT molecular complexity index is 751. The molecule has 1 aliphatic carbocycles. The third kappa shape index (κ3) is 6.34. The first kappa shape index (κ1) is 22.4. The molecule has 1 heterocycles. The van der Waals surface area contributed by atoms with Gasteiger partial charge in [-0.3, -0.25) is 0 Å². The van der Waals surface area contributed by atoms with Crippen molar-refractivity contribution in [3.63, 3.8) is 0 Å². The van der Waals surface area contributed by atoms with Crippen LogP contribution in [0, 0.1) is 11.7 Å². The first-order chi connectivity index (χ1) is 13.4. The van der Waals surface area contributed by atoms with E-state index in [9.17, 15) is 13.2 Å². The second-order valence-corrected chi connectivity index (χ2v) is 7.61. The summed E-state index contributed by atoms with van der Waals surface area (Å²) < 4.78 is 41.0. The Labute approximate surface area is 167 Å². The normalized spacial score (nSPS) is 14.8. The zero-order valence-electron chi connectivity index (χ0n) is 16.2. The fourth-order valence-corrected chi connectivity index (χ4v) is 3.53. The van der Waals surface area contributed by atoms with E-state index in [0.717, 1.165) is 12.0 Å². The van der Waals surface area contributed by atoms with Gasteiger partial charge >= 0.3 is 0 Å². The van der Waals surface area contributed by atoms with Crippen molar-refractivity contribution in [3.05, 3.63) is 60.6 Å². The summed E-state index contributed by atoms with van der Waals surface area (Å²) >= 11 is 0. The van der Waals surface area contributed by atoms with E-state index in [1.54, 1.807) is 12.1 Å². The number of anilines is 1. The first-order valence-corrected chi connectivity index (χ1v) is 10.2. The molecule has 1 N–H and O–H groups in total. The van der Waals surface area contributed by atoms with E-state index in [4.69, 9.17) is 0 Å². The lowest BCUT2D eigenvalue weighted by atomic mass is 9.90. The average Bonchev–Trinajstić information content (AvgIpc) is 2.69. The predicted octanol–water partition coefficient (Wildman–Crippen LogP) is 7.00. The van der Waals surface area contributed by atoms with Gasteiger partial charge in [0.05, 0.1) is 0 Å². The Kier molecular flexibility index (Phi) is 8.50. The van der Waals surface area contributed by atoms with Crippen LogP contribution in [0.5, 0.6) is 0 Å². The van der Waals surface area contributed by atoms with Crippen LogP contribution < -0.4 is 5.32 Å². The lowest BCUT2D eigenvalue weighted by molar-refractivity contribution is 0.104. The van der Waals surface area contributed by atoms with E-state index < -0.39 is 11.5 Å². The van der Waals surface area contributed by atoms with Crippen molar-refractivity contribution in [2.75, 3.05) is 11.9 Å². The zero-order chi connectivity index (χ0) is 20.6. The molecule has 0 amide bonds. The number of rotatable bonds is 5. The molecule has 6 heteroatoms. The van der Waals surface area contributed by atoms with Gasteiger partial charge in [0.1, 0.15) is 11.6 Å². The molecule has 0 saturated heterocycles. The van der Waals surface area contributed by atoms with Gasteiger partial charge in [0, 0.05) is 29.4 Å². The highest BCUT2D eigenvalue weighted by Gasteiger charge is 2.29. The SMILES string of the molecule is C=CC1CCCCC1.CCNc1ccc(-c2c(F)cccc2C(F)(F)P)cn1. The standard InChI is InChI=1S/C14H14F3N2P.C8H14/c1-2-18-12-7-6-9(8-19-12)13-10(14(16,17)20)4-3-5-11(13)15;1-2-8-6-4-3-5-7-8/h3-8H,2,20H2,1H3,(H,18,19);2,8H,1,3-7H2. The molecule has 3 rings (SSSR count). The molecule has 152 valence electrons. The van der Waals surface area contributed by atoms with Gasteiger partial charge in [-0.15, -0.1) is 6.58 Å². The van der Waals surface area contributed by atoms with Crippen LogP contribution in [0.1, 0.15) is 44.6 Å². The fraction of sp³-hybridized carbons (Fsp3) is 0.409. The second-order valence-electron chi connectivity index (χ2n) is 6.88. The van der Waals surface area contributed by atoms with Crippen LogP contribution in [-0.2, 0) is 5.66 Å². The number of nitrogens with one attached hydrogen (secondary N) is 1. The summed E-state index contributed by atoms with van der Waals surface area (Å²) in [5, 5.41) is 2.99. The molecule has 0 radical (unpaired) electrons. The smallest absolute Gasteiger partial charge is 0.284 e. The summed E-state index contributed by atoms with van der Waals surface area (Å²) in [5.41, 5.74) is -3.37. The summed E-state index contributed by atoms with van der Waals surface area (Å²) in [7, 11) is 1.43. The van der Waals surface area contributed by atoms with Crippen molar-refractivity contribution in [1.29, 1.82) is 0 Å². The second kappa shape index (κ2) is 10.6. The van der Waals surface area contributed by atoms with E-state index in [1.807, 2.05) is 6.92 Å². The number of pyridine rings is 1. The highest BCUT2D eigenvalue weighted by molar-refractivity contribution is 7.17. The van der Waals surface area contributed by atoms with Gasteiger partial charge in [0.15, 0.2) is 0 Å². The van der Waals surface area contributed by atoms with Gasteiger partial charge in [0.2, 0.25) is 0 Å². The van der Waals surface area contributed by atoms with Gasteiger partial charge in [0.25, 0.3) is 5.66 Å². The van der Waals surface area contributed by atoms with E-state index in [-0.39, 0.29) is 11.1 Å². The molecule has 1 atom stereocenters. The monoisotopic (exact) mass is 408 g/mol. The molecular weight excluding hydrogens is 380 g/mol. The molecule has 28 heavy (non-hydrogen) atoms. The Morgan fingerprint density at radius 1 is 1.21 bits per heavy atom. The molecule has 1 saturated carbocycles. The minimum absolute atomic E-state index is 0.122. The molecular formula is C22H28F3N2P. The molecule has 0 spiro atoms. The average molecular weight is 408 g/mol. The summed E-state index contributed by atoms with van der Waals surface area (Å²) in [6.07, 6.45) is 10.6. The van der Waals surface area contributed by atoms with Crippen molar-refractivity contribution < 1.29 is 13.2 Å². The highest BCUT2D eigenvalue weighted by Crippen LogP contribution is 2.41. The van der Waals surface area contributed by atoms with Gasteiger partial charge < -0.3 is 5.32 Å². The minimum atomic E-state index is -3.20. The van der Waals surface area contributed by atoms with Crippen LogP contribution >= 0.6 is 9.24 Å². The quantitative estimate of drug-likeness (QED) is 0.426. The highest BCUT2D eigenvalue weighted by atomic mass is 31.0. The third-order valence-electron chi connectivity index (χ3n) is 4.77. The summed E-state index contributed by atoms with van der Waals surface area (Å²) in [6.45, 7) is 6.40. The van der Waals surface area contributed by atoms with Crippen molar-refractivity contribution in [2.45, 2.75) is 44.7 Å². The number of benzene rings is 1.